The minimum absolute atomic E-state index is 0.0408. The van der Waals surface area contributed by atoms with Crippen LogP contribution in [0.5, 0.6) is 5.75 Å². The standard InChI is InChI=1S/C41H46N4O7/c46-33(30-13-15-34(47)37-31(30)14-16-36(48)43-37)12-3-1-2-6-21-42-38(49)28-9-7-10-29(24-28)39(50)44-41(20-17-26-8-4-5-11-32(26)41)40(51)52-35-25-45-22-18-27(35)19-23-45/h4-5,7-11,13-16,24,27,33,35,46-47H,1-3,6,12,17-23,25H2,(H,42,49)(H,43,48)(H,44,50)/t33-,35-,41?/m0/s1. The molecule has 2 bridgehead atoms. The van der Waals surface area contributed by atoms with Gasteiger partial charge in [-0.3, -0.25) is 19.3 Å². The number of fused-ring (bicyclic) bond motifs is 5. The number of H-pyrrole nitrogens is 1. The van der Waals surface area contributed by atoms with Gasteiger partial charge in [-0.1, -0.05) is 55.7 Å². The molecule has 1 unspecified atom stereocenters. The molecule has 52 heavy (non-hydrogen) atoms. The number of aliphatic hydroxyl groups is 1. The van der Waals surface area contributed by atoms with Crippen LogP contribution in [0.15, 0.2) is 77.6 Å². The highest BCUT2D eigenvalue weighted by Gasteiger charge is 2.50. The van der Waals surface area contributed by atoms with E-state index in [2.05, 4.69) is 20.5 Å². The van der Waals surface area contributed by atoms with Crippen LogP contribution in [0.25, 0.3) is 10.9 Å². The lowest BCUT2D eigenvalue weighted by molar-refractivity contribution is -0.167. The van der Waals surface area contributed by atoms with Gasteiger partial charge in [0.2, 0.25) is 5.56 Å². The van der Waals surface area contributed by atoms with Gasteiger partial charge >= 0.3 is 5.97 Å². The zero-order valence-electron chi connectivity index (χ0n) is 29.2. The Balaban J connectivity index is 0.911. The minimum atomic E-state index is -1.30. The number of rotatable bonds is 13. The van der Waals surface area contributed by atoms with E-state index >= 15 is 0 Å². The van der Waals surface area contributed by atoms with Gasteiger partial charge in [0.25, 0.3) is 11.8 Å². The molecule has 8 rings (SSSR count). The maximum atomic E-state index is 14.0. The Morgan fingerprint density at radius 2 is 1.69 bits per heavy atom. The fourth-order valence-electron chi connectivity index (χ4n) is 8.18. The lowest BCUT2D eigenvalue weighted by atomic mass is 9.85. The first-order valence-electron chi connectivity index (χ1n) is 18.5. The molecular weight excluding hydrogens is 660 g/mol. The molecule has 3 fully saturated rings. The number of nitrogens with one attached hydrogen (secondary N) is 3. The SMILES string of the molecule is O=C(NCCCCCC[C@H](O)c1ccc(O)c2[nH]c(=O)ccc12)c1cccc(C(=O)NC2(C(=O)O[C@H]3CN4CCC3CC4)CCc3ccccc32)c1. The Bertz CT molecular complexity index is 2020. The third-order valence-electron chi connectivity index (χ3n) is 11.1. The number of aromatic hydroxyl groups is 1. The minimum Gasteiger partial charge on any atom is -0.506 e. The number of phenolic OH excluding ortho intramolecular Hbond substituents is 1. The van der Waals surface area contributed by atoms with Crippen molar-refractivity contribution in [3.8, 4) is 5.75 Å². The van der Waals surface area contributed by atoms with Gasteiger partial charge in [-0.05, 0) is 105 Å². The summed E-state index contributed by atoms with van der Waals surface area (Å²) in [6.07, 6.45) is 5.87. The quantitative estimate of drug-likeness (QED) is 0.0974. The largest absolute Gasteiger partial charge is 0.506 e. The van der Waals surface area contributed by atoms with Crippen molar-refractivity contribution in [2.45, 2.75) is 75.5 Å². The summed E-state index contributed by atoms with van der Waals surface area (Å²) in [5.41, 5.74) is 1.77. The molecule has 2 amide bonds. The summed E-state index contributed by atoms with van der Waals surface area (Å²) in [5.74, 6) is -0.841. The molecule has 3 saturated heterocycles. The van der Waals surface area contributed by atoms with Crippen LogP contribution in [0.3, 0.4) is 0 Å². The second-order valence-electron chi connectivity index (χ2n) is 14.4. The fraction of sp³-hybridized carbons (Fsp3) is 0.415. The van der Waals surface area contributed by atoms with Crippen molar-refractivity contribution in [2.24, 2.45) is 5.92 Å². The molecule has 1 aromatic heterocycles. The van der Waals surface area contributed by atoms with Crippen LogP contribution in [-0.4, -0.2) is 70.2 Å². The number of amides is 2. The van der Waals surface area contributed by atoms with Gasteiger partial charge in [-0.2, -0.15) is 0 Å². The van der Waals surface area contributed by atoms with Crippen molar-refractivity contribution in [3.63, 3.8) is 0 Å². The number of hydrogen-bond acceptors (Lipinski definition) is 8. The lowest BCUT2D eigenvalue weighted by Gasteiger charge is -2.45. The number of esters is 1. The number of piperidine rings is 3. The molecule has 0 radical (unpaired) electrons. The molecular formula is C41H46N4O7. The highest BCUT2D eigenvalue weighted by Crippen LogP contribution is 2.40. The van der Waals surface area contributed by atoms with Crippen LogP contribution in [0, 0.1) is 5.92 Å². The first-order valence-corrected chi connectivity index (χ1v) is 18.5. The summed E-state index contributed by atoms with van der Waals surface area (Å²) in [5, 5.41) is 27.5. The normalized spacial score (nSPS) is 22.4. The summed E-state index contributed by atoms with van der Waals surface area (Å²) >= 11 is 0. The zero-order valence-corrected chi connectivity index (χ0v) is 29.2. The van der Waals surface area contributed by atoms with E-state index in [0.717, 1.165) is 69.3 Å². The first-order chi connectivity index (χ1) is 25.2. The van der Waals surface area contributed by atoms with E-state index < -0.39 is 23.5 Å². The number of nitrogens with zero attached hydrogens (tertiary/aromatic N) is 1. The van der Waals surface area contributed by atoms with Crippen LogP contribution < -0.4 is 16.2 Å². The Morgan fingerprint density at radius 3 is 2.48 bits per heavy atom. The van der Waals surface area contributed by atoms with Gasteiger partial charge in [-0.15, -0.1) is 0 Å². The number of unbranched alkanes of at least 4 members (excludes halogenated alkanes) is 3. The van der Waals surface area contributed by atoms with Gasteiger partial charge < -0.3 is 30.6 Å². The van der Waals surface area contributed by atoms with E-state index in [1.54, 1.807) is 36.4 Å². The Labute approximate surface area is 302 Å². The van der Waals surface area contributed by atoms with Crippen molar-refractivity contribution >= 4 is 28.7 Å². The third-order valence-corrected chi connectivity index (χ3v) is 11.1. The Morgan fingerprint density at radius 1 is 0.923 bits per heavy atom. The number of benzene rings is 3. The summed E-state index contributed by atoms with van der Waals surface area (Å²) in [7, 11) is 0. The van der Waals surface area contributed by atoms with Crippen molar-refractivity contribution in [2.75, 3.05) is 26.2 Å². The van der Waals surface area contributed by atoms with Gasteiger partial charge in [-0.25, -0.2) is 4.79 Å². The van der Waals surface area contributed by atoms with Gasteiger partial charge in [0.15, 0.2) is 5.54 Å². The smallest absolute Gasteiger partial charge is 0.336 e. The molecule has 0 spiro atoms. The van der Waals surface area contributed by atoms with Crippen molar-refractivity contribution in [1.82, 2.24) is 20.5 Å². The van der Waals surface area contributed by atoms with E-state index in [9.17, 15) is 29.4 Å². The molecule has 11 heteroatoms. The number of carbonyl (C=O) groups excluding carboxylic acids is 3. The Kier molecular flexibility index (Phi) is 10.4. The number of aromatic nitrogens is 1. The maximum absolute atomic E-state index is 14.0. The number of aromatic amines is 1. The van der Waals surface area contributed by atoms with Gasteiger partial charge in [0, 0.05) is 35.7 Å². The summed E-state index contributed by atoms with van der Waals surface area (Å²) in [6, 6.07) is 20.4. The molecule has 4 heterocycles. The molecule has 11 nitrogen and oxygen atoms in total. The zero-order chi connectivity index (χ0) is 36.2. The monoisotopic (exact) mass is 706 g/mol. The molecule has 4 aliphatic rings. The summed E-state index contributed by atoms with van der Waals surface area (Å²) < 4.78 is 6.21. The predicted octanol–water partition coefficient (Wildman–Crippen LogP) is 4.86. The number of aliphatic hydroxyl groups excluding tert-OH is 1. The van der Waals surface area contributed by atoms with Crippen molar-refractivity contribution in [1.29, 1.82) is 0 Å². The number of aryl methyl sites for hydroxylation is 1. The second-order valence-corrected chi connectivity index (χ2v) is 14.4. The fourth-order valence-corrected chi connectivity index (χ4v) is 8.18. The summed E-state index contributed by atoms with van der Waals surface area (Å²) in [4.78, 5) is 57.6. The van der Waals surface area contributed by atoms with E-state index in [4.69, 9.17) is 4.74 Å². The van der Waals surface area contributed by atoms with Crippen molar-refractivity contribution in [3.05, 3.63) is 111 Å². The third kappa shape index (κ3) is 7.33. The maximum Gasteiger partial charge on any atom is 0.336 e. The van der Waals surface area contributed by atoms with E-state index in [1.807, 2.05) is 24.3 Å². The van der Waals surface area contributed by atoms with E-state index in [1.165, 1.54) is 12.1 Å². The van der Waals surface area contributed by atoms with Gasteiger partial charge in [0.1, 0.15) is 11.9 Å². The number of pyridine rings is 1. The molecule has 3 aromatic carbocycles. The molecule has 5 N–H and O–H groups in total. The van der Waals surface area contributed by atoms with Crippen LogP contribution in [-0.2, 0) is 21.5 Å². The number of phenols is 1. The van der Waals surface area contributed by atoms with Gasteiger partial charge in [0.05, 0.1) is 11.6 Å². The van der Waals surface area contributed by atoms with Crippen molar-refractivity contribution < 1.29 is 29.3 Å². The average Bonchev–Trinajstić information content (AvgIpc) is 3.54. The highest BCUT2D eigenvalue weighted by molar-refractivity contribution is 6.02. The van der Waals surface area contributed by atoms with Crippen LogP contribution in [0.2, 0.25) is 0 Å². The predicted molar refractivity (Wildman–Crippen MR) is 196 cm³/mol. The van der Waals surface area contributed by atoms with E-state index in [0.29, 0.717) is 59.3 Å². The van der Waals surface area contributed by atoms with Crippen LogP contribution in [0.1, 0.15) is 94.9 Å². The Hall–Kier alpha value is -5.00. The molecule has 0 saturated carbocycles. The number of ether oxygens (including phenoxy) is 1. The highest BCUT2D eigenvalue weighted by atomic mass is 16.5. The van der Waals surface area contributed by atoms with E-state index in [-0.39, 0.29) is 23.3 Å². The van der Waals surface area contributed by atoms with Crippen LogP contribution in [0.4, 0.5) is 0 Å². The lowest BCUT2D eigenvalue weighted by Crippen LogP contribution is -2.56. The number of carbonyl (C=O) groups is 3. The topological polar surface area (TPSA) is 161 Å². The first kappa shape index (κ1) is 35.4. The molecule has 272 valence electrons. The summed E-state index contributed by atoms with van der Waals surface area (Å²) in [6.45, 7) is 3.25. The molecule has 1 aliphatic carbocycles. The molecule has 3 atom stereocenters. The number of hydrogen-bond donors (Lipinski definition) is 5. The van der Waals surface area contributed by atoms with Crippen LogP contribution >= 0.6 is 0 Å². The molecule has 4 aromatic rings. The average molecular weight is 707 g/mol. The molecule has 3 aliphatic heterocycles. The second kappa shape index (κ2) is 15.3.